The molecule has 0 saturated heterocycles. The van der Waals surface area contributed by atoms with Gasteiger partial charge in [0.2, 0.25) is 5.62 Å². The minimum absolute atomic E-state index is 0.0174. The van der Waals surface area contributed by atoms with E-state index in [0.717, 1.165) is 4.31 Å². The van der Waals surface area contributed by atoms with Gasteiger partial charge in [-0.05, 0) is 13.8 Å². The van der Waals surface area contributed by atoms with Crippen LogP contribution < -0.4 is 0 Å². The topological polar surface area (TPSA) is 54.5 Å². The van der Waals surface area contributed by atoms with Gasteiger partial charge in [-0.2, -0.15) is 4.31 Å². The van der Waals surface area contributed by atoms with Crippen LogP contribution in [0.25, 0.3) is 0 Å². The van der Waals surface area contributed by atoms with E-state index in [9.17, 15) is 13.2 Å². The monoisotopic (exact) mass is 179 g/mol. The lowest BCUT2D eigenvalue weighted by Gasteiger charge is -2.20. The molecule has 0 heterocycles. The Balaban J connectivity index is 4.65. The molecule has 0 saturated carbocycles. The standard InChI is InChI=1S/C6H13NO3S/c1-4-7(6(2)3)11(9,10)5-8/h5-6H,4H2,1-3H3. The molecule has 0 aromatic heterocycles. The van der Waals surface area contributed by atoms with Crippen molar-refractivity contribution in [2.24, 2.45) is 0 Å². The second kappa shape index (κ2) is 3.82. The van der Waals surface area contributed by atoms with E-state index < -0.39 is 10.0 Å². The predicted octanol–water partition coefficient (Wildman–Crippen LogP) is 0.237. The van der Waals surface area contributed by atoms with Crippen LogP contribution >= 0.6 is 0 Å². The van der Waals surface area contributed by atoms with Crippen molar-refractivity contribution >= 4 is 15.6 Å². The number of carbonyl (C=O) groups is 1. The maximum absolute atomic E-state index is 10.9. The van der Waals surface area contributed by atoms with Crippen molar-refractivity contribution in [2.75, 3.05) is 6.54 Å². The maximum atomic E-state index is 10.9. The minimum atomic E-state index is -3.66. The van der Waals surface area contributed by atoms with Crippen LogP contribution in [0, 0.1) is 0 Å². The molecule has 0 aliphatic rings. The van der Waals surface area contributed by atoms with E-state index in [1.807, 2.05) is 0 Å². The third-order valence-electron chi connectivity index (χ3n) is 1.34. The van der Waals surface area contributed by atoms with Gasteiger partial charge in [0.05, 0.1) is 0 Å². The van der Waals surface area contributed by atoms with Crippen LogP contribution in [0.15, 0.2) is 0 Å². The molecular formula is C6H13NO3S. The first-order valence-corrected chi connectivity index (χ1v) is 4.93. The molecule has 0 amide bonds. The van der Waals surface area contributed by atoms with Crippen LogP contribution in [-0.4, -0.2) is 30.9 Å². The van der Waals surface area contributed by atoms with Crippen molar-refractivity contribution in [3.8, 4) is 0 Å². The second-order valence-corrected chi connectivity index (χ2v) is 4.13. The molecule has 0 atom stereocenters. The molecule has 0 fully saturated rings. The smallest absolute Gasteiger partial charge is 0.274 e. The molecule has 0 aliphatic heterocycles. The summed E-state index contributed by atoms with van der Waals surface area (Å²) in [6.45, 7) is 5.48. The molecule has 0 aromatic carbocycles. The van der Waals surface area contributed by atoms with Gasteiger partial charge in [0, 0.05) is 12.6 Å². The molecule has 0 bridgehead atoms. The SMILES string of the molecule is CCN(C(C)C)S(=O)(=O)C=O. The number of hydrogen-bond acceptors (Lipinski definition) is 3. The number of hydrogen-bond donors (Lipinski definition) is 0. The summed E-state index contributed by atoms with van der Waals surface area (Å²) in [7, 11) is -3.66. The summed E-state index contributed by atoms with van der Waals surface area (Å²) in [6, 6.07) is -0.157. The zero-order valence-electron chi connectivity index (χ0n) is 6.94. The van der Waals surface area contributed by atoms with Crippen molar-refractivity contribution in [1.29, 1.82) is 0 Å². The zero-order chi connectivity index (χ0) is 9.07. The summed E-state index contributed by atoms with van der Waals surface area (Å²) < 4.78 is 23.0. The quantitative estimate of drug-likeness (QED) is 0.581. The van der Waals surface area contributed by atoms with E-state index in [1.54, 1.807) is 20.8 Å². The Kier molecular flexibility index (Phi) is 3.68. The van der Waals surface area contributed by atoms with Crippen LogP contribution in [0.1, 0.15) is 20.8 Å². The Labute approximate surface area is 67.2 Å². The molecule has 0 unspecified atom stereocenters. The van der Waals surface area contributed by atoms with Gasteiger partial charge in [0.15, 0.2) is 0 Å². The average molecular weight is 179 g/mol. The lowest BCUT2D eigenvalue weighted by atomic mass is 10.4. The van der Waals surface area contributed by atoms with Crippen LogP contribution in [-0.2, 0) is 14.8 Å². The first-order chi connectivity index (χ1) is 4.95. The van der Waals surface area contributed by atoms with Crippen molar-refractivity contribution in [2.45, 2.75) is 26.8 Å². The minimum Gasteiger partial charge on any atom is -0.284 e. The molecule has 5 heteroatoms. The van der Waals surface area contributed by atoms with E-state index >= 15 is 0 Å². The van der Waals surface area contributed by atoms with E-state index in [1.165, 1.54) is 0 Å². The Morgan fingerprint density at radius 3 is 2.00 bits per heavy atom. The Morgan fingerprint density at radius 1 is 1.45 bits per heavy atom. The van der Waals surface area contributed by atoms with Gasteiger partial charge in [-0.15, -0.1) is 0 Å². The molecule has 0 radical (unpaired) electrons. The number of nitrogens with zero attached hydrogens (tertiary/aromatic N) is 1. The fourth-order valence-electron chi connectivity index (χ4n) is 0.894. The molecule has 66 valence electrons. The number of sulfonamides is 1. The lowest BCUT2D eigenvalue weighted by Crippen LogP contribution is -2.37. The second-order valence-electron chi connectivity index (χ2n) is 2.44. The van der Waals surface area contributed by atoms with Crippen molar-refractivity contribution in [1.82, 2.24) is 4.31 Å². The molecule has 0 aliphatic carbocycles. The van der Waals surface area contributed by atoms with E-state index in [-0.39, 0.29) is 11.7 Å². The highest BCUT2D eigenvalue weighted by Crippen LogP contribution is 2.03. The lowest BCUT2D eigenvalue weighted by molar-refractivity contribution is 0.374. The zero-order valence-corrected chi connectivity index (χ0v) is 7.76. The molecule has 11 heavy (non-hydrogen) atoms. The van der Waals surface area contributed by atoms with Crippen LogP contribution in [0.4, 0.5) is 0 Å². The molecule has 0 rings (SSSR count). The highest BCUT2D eigenvalue weighted by Gasteiger charge is 2.21. The summed E-state index contributed by atoms with van der Waals surface area (Å²) in [5, 5.41) is 0. The summed E-state index contributed by atoms with van der Waals surface area (Å²) in [4.78, 5) is 10.1. The summed E-state index contributed by atoms with van der Waals surface area (Å²) >= 11 is 0. The number of carbonyl (C=O) groups excluding carboxylic acids is 1. The van der Waals surface area contributed by atoms with Crippen LogP contribution in [0.5, 0.6) is 0 Å². The molecule has 0 spiro atoms. The van der Waals surface area contributed by atoms with Gasteiger partial charge >= 0.3 is 0 Å². The molecule has 0 aromatic rings. The highest BCUT2D eigenvalue weighted by molar-refractivity contribution is 8.02. The number of rotatable bonds is 4. The van der Waals surface area contributed by atoms with Crippen LogP contribution in [0.3, 0.4) is 0 Å². The Hall–Kier alpha value is -0.420. The van der Waals surface area contributed by atoms with Gasteiger partial charge in [-0.3, -0.25) is 4.79 Å². The third kappa shape index (κ3) is 2.59. The third-order valence-corrected chi connectivity index (χ3v) is 2.91. The van der Waals surface area contributed by atoms with E-state index in [2.05, 4.69) is 0 Å². The van der Waals surface area contributed by atoms with Gasteiger partial charge in [0.1, 0.15) is 0 Å². The van der Waals surface area contributed by atoms with Gasteiger partial charge in [-0.1, -0.05) is 6.92 Å². The predicted molar refractivity (Wildman–Crippen MR) is 43.2 cm³/mol. The van der Waals surface area contributed by atoms with Crippen LogP contribution in [0.2, 0.25) is 0 Å². The van der Waals surface area contributed by atoms with E-state index in [4.69, 9.17) is 0 Å². The Morgan fingerprint density at radius 2 is 1.91 bits per heavy atom. The first-order valence-electron chi connectivity index (χ1n) is 3.42. The average Bonchev–Trinajstić information content (AvgIpc) is 1.88. The molecular weight excluding hydrogens is 166 g/mol. The van der Waals surface area contributed by atoms with E-state index in [0.29, 0.717) is 6.54 Å². The van der Waals surface area contributed by atoms with Crippen molar-refractivity contribution in [3.63, 3.8) is 0 Å². The highest BCUT2D eigenvalue weighted by atomic mass is 32.2. The fourth-order valence-corrected chi connectivity index (χ4v) is 1.95. The normalized spacial score (nSPS) is 12.5. The van der Waals surface area contributed by atoms with Crippen molar-refractivity contribution in [3.05, 3.63) is 0 Å². The first kappa shape index (κ1) is 10.6. The molecule has 4 nitrogen and oxygen atoms in total. The van der Waals surface area contributed by atoms with Gasteiger partial charge < -0.3 is 0 Å². The summed E-state index contributed by atoms with van der Waals surface area (Å²) in [5.74, 6) is 0. The summed E-state index contributed by atoms with van der Waals surface area (Å²) in [6.07, 6.45) is 0. The van der Waals surface area contributed by atoms with Crippen molar-refractivity contribution < 1.29 is 13.2 Å². The maximum Gasteiger partial charge on any atom is 0.274 e. The molecule has 0 N–H and O–H groups in total. The Bertz CT molecular complexity index is 220. The van der Waals surface area contributed by atoms with Gasteiger partial charge in [0.25, 0.3) is 10.0 Å². The summed E-state index contributed by atoms with van der Waals surface area (Å²) in [5.41, 5.74) is -0.0174. The fraction of sp³-hybridized carbons (Fsp3) is 0.833. The van der Waals surface area contributed by atoms with Gasteiger partial charge in [-0.25, -0.2) is 8.42 Å². The largest absolute Gasteiger partial charge is 0.284 e.